The van der Waals surface area contributed by atoms with E-state index >= 15 is 0 Å². The molecule has 0 bridgehead atoms. The molecule has 0 amide bonds. The Hall–Kier alpha value is -2.99. The molecule has 0 N–H and O–H groups in total. The van der Waals surface area contributed by atoms with Crippen molar-refractivity contribution in [2.75, 3.05) is 67.2 Å². The number of nitrogens with zero attached hydrogens (tertiary/aromatic N) is 8. The van der Waals surface area contributed by atoms with Crippen molar-refractivity contribution in [3.05, 3.63) is 30.4 Å². The topological polar surface area (TPSA) is 94.3 Å². The molecule has 0 aliphatic carbocycles. The lowest BCUT2D eigenvalue weighted by molar-refractivity contribution is 0.122. The number of hydrogen-bond donors (Lipinski definition) is 0. The quantitative estimate of drug-likeness (QED) is 0.773. The lowest BCUT2D eigenvalue weighted by Crippen LogP contribution is -2.47. The fraction of sp³-hybridized carbons (Fsp3) is 0.471. The van der Waals surface area contributed by atoms with Crippen LogP contribution in [0.25, 0.3) is 0 Å². The Kier molecular flexibility index (Phi) is 4.75. The number of nitriles is 1. The van der Waals surface area contributed by atoms with Crippen LogP contribution < -0.4 is 14.7 Å². The molecular formula is C17H20N8O. The average Bonchev–Trinajstić information content (AvgIpc) is 2.74. The molecule has 2 aliphatic rings. The first-order chi connectivity index (χ1) is 12.8. The van der Waals surface area contributed by atoms with Crippen LogP contribution in [-0.4, -0.2) is 72.4 Å². The summed E-state index contributed by atoms with van der Waals surface area (Å²) >= 11 is 0. The van der Waals surface area contributed by atoms with Crippen LogP contribution in [0, 0.1) is 11.3 Å². The highest BCUT2D eigenvalue weighted by Gasteiger charge is 2.22. The number of morpholine rings is 1. The van der Waals surface area contributed by atoms with Crippen LogP contribution in [-0.2, 0) is 4.74 Å². The van der Waals surface area contributed by atoms with Crippen LogP contribution in [0.3, 0.4) is 0 Å². The Morgan fingerprint density at radius 3 is 2.35 bits per heavy atom. The number of hydrogen-bond acceptors (Lipinski definition) is 9. The van der Waals surface area contributed by atoms with Gasteiger partial charge in [0.05, 0.1) is 13.2 Å². The van der Waals surface area contributed by atoms with Crippen molar-refractivity contribution < 1.29 is 4.74 Å². The maximum atomic E-state index is 9.21. The Balaban J connectivity index is 1.44. The van der Waals surface area contributed by atoms with E-state index in [9.17, 15) is 5.26 Å². The monoisotopic (exact) mass is 352 g/mol. The van der Waals surface area contributed by atoms with E-state index in [-0.39, 0.29) is 0 Å². The van der Waals surface area contributed by atoms with Crippen molar-refractivity contribution in [1.82, 2.24) is 19.9 Å². The molecule has 0 saturated carbocycles. The Bertz CT molecular complexity index is 793. The highest BCUT2D eigenvalue weighted by Crippen LogP contribution is 2.20. The number of anilines is 3. The highest BCUT2D eigenvalue weighted by molar-refractivity contribution is 5.52. The normalized spacial score (nSPS) is 17.9. The lowest BCUT2D eigenvalue weighted by atomic mass is 10.3. The van der Waals surface area contributed by atoms with E-state index in [4.69, 9.17) is 9.72 Å². The zero-order valence-electron chi connectivity index (χ0n) is 14.5. The van der Waals surface area contributed by atoms with E-state index in [0.29, 0.717) is 24.7 Å². The Labute approximate surface area is 151 Å². The molecule has 2 aromatic rings. The second kappa shape index (κ2) is 7.49. The van der Waals surface area contributed by atoms with Gasteiger partial charge in [-0.1, -0.05) is 0 Å². The molecule has 0 radical (unpaired) electrons. The smallest absolute Gasteiger partial charge is 0.227 e. The molecule has 4 rings (SSSR count). The van der Waals surface area contributed by atoms with Crippen LogP contribution in [0.1, 0.15) is 5.69 Å². The third kappa shape index (κ3) is 3.36. The lowest BCUT2D eigenvalue weighted by Gasteiger charge is -2.36. The SMILES string of the molecule is N#Cc1nccnc1N1CCN(c2ccnc(N3CCOCC3)n2)CC1. The molecule has 2 aliphatic heterocycles. The van der Waals surface area contributed by atoms with Gasteiger partial charge in [0.25, 0.3) is 0 Å². The van der Waals surface area contributed by atoms with Crippen LogP contribution >= 0.6 is 0 Å². The van der Waals surface area contributed by atoms with Gasteiger partial charge >= 0.3 is 0 Å². The minimum Gasteiger partial charge on any atom is -0.378 e. The molecule has 9 nitrogen and oxygen atoms in total. The second-order valence-electron chi connectivity index (χ2n) is 6.13. The van der Waals surface area contributed by atoms with E-state index in [1.54, 1.807) is 12.4 Å². The molecule has 0 spiro atoms. The average molecular weight is 352 g/mol. The maximum absolute atomic E-state index is 9.21. The van der Waals surface area contributed by atoms with E-state index in [2.05, 4.69) is 35.7 Å². The first-order valence-corrected chi connectivity index (χ1v) is 8.72. The standard InChI is InChI=1S/C17H20N8O/c18-13-14-16(20-4-3-19-14)24-7-5-23(6-8-24)15-1-2-21-17(22-15)25-9-11-26-12-10-25/h1-4H,5-12H2. The number of rotatable bonds is 3. The predicted molar refractivity (Wildman–Crippen MR) is 96.2 cm³/mol. The Morgan fingerprint density at radius 1 is 0.846 bits per heavy atom. The molecular weight excluding hydrogens is 332 g/mol. The summed E-state index contributed by atoms with van der Waals surface area (Å²) in [6, 6.07) is 4.06. The number of ether oxygens (including phenoxy) is 1. The molecule has 0 aromatic carbocycles. The van der Waals surface area contributed by atoms with Gasteiger partial charge in [0.2, 0.25) is 5.95 Å². The summed E-state index contributed by atoms with van der Waals surface area (Å²) in [7, 11) is 0. The molecule has 2 fully saturated rings. The van der Waals surface area contributed by atoms with Crippen molar-refractivity contribution >= 4 is 17.6 Å². The minimum atomic E-state index is 0.373. The molecule has 0 unspecified atom stereocenters. The molecule has 2 saturated heterocycles. The fourth-order valence-corrected chi connectivity index (χ4v) is 3.22. The van der Waals surface area contributed by atoms with Gasteiger partial charge in [0, 0.05) is 57.9 Å². The molecule has 134 valence electrons. The zero-order valence-corrected chi connectivity index (χ0v) is 14.5. The summed E-state index contributed by atoms with van der Waals surface area (Å²) in [5.41, 5.74) is 0.373. The van der Waals surface area contributed by atoms with Crippen molar-refractivity contribution in [3.63, 3.8) is 0 Å². The van der Waals surface area contributed by atoms with Gasteiger partial charge < -0.3 is 19.4 Å². The Morgan fingerprint density at radius 2 is 1.58 bits per heavy atom. The van der Waals surface area contributed by atoms with Crippen LogP contribution in [0.15, 0.2) is 24.7 Å². The van der Waals surface area contributed by atoms with Gasteiger partial charge in [-0.05, 0) is 6.07 Å². The predicted octanol–water partition coefficient (Wildman–Crippen LogP) is 0.301. The largest absolute Gasteiger partial charge is 0.378 e. The minimum absolute atomic E-state index is 0.373. The first kappa shape index (κ1) is 16.5. The molecule has 9 heteroatoms. The third-order valence-electron chi connectivity index (χ3n) is 4.61. The van der Waals surface area contributed by atoms with Crippen molar-refractivity contribution in [1.29, 1.82) is 5.26 Å². The van der Waals surface area contributed by atoms with Crippen LogP contribution in [0.5, 0.6) is 0 Å². The summed E-state index contributed by atoms with van der Waals surface area (Å²) in [6.45, 7) is 6.22. The van der Waals surface area contributed by atoms with Gasteiger partial charge in [-0.3, -0.25) is 0 Å². The summed E-state index contributed by atoms with van der Waals surface area (Å²) in [4.78, 5) is 24.1. The van der Waals surface area contributed by atoms with E-state index in [1.165, 1.54) is 0 Å². The molecule has 0 atom stereocenters. The second-order valence-corrected chi connectivity index (χ2v) is 6.13. The fourth-order valence-electron chi connectivity index (χ4n) is 3.22. The summed E-state index contributed by atoms with van der Waals surface area (Å²) < 4.78 is 5.39. The van der Waals surface area contributed by atoms with E-state index < -0.39 is 0 Å². The molecule has 2 aromatic heterocycles. The molecule has 4 heterocycles. The van der Waals surface area contributed by atoms with Crippen molar-refractivity contribution in [3.8, 4) is 6.07 Å². The van der Waals surface area contributed by atoms with Crippen LogP contribution in [0.2, 0.25) is 0 Å². The van der Waals surface area contributed by atoms with E-state index in [1.807, 2.05) is 12.3 Å². The van der Waals surface area contributed by atoms with Gasteiger partial charge in [0.1, 0.15) is 11.9 Å². The zero-order chi connectivity index (χ0) is 17.8. The van der Waals surface area contributed by atoms with Crippen LogP contribution in [0.4, 0.5) is 17.6 Å². The summed E-state index contributed by atoms with van der Waals surface area (Å²) in [5.74, 6) is 2.35. The van der Waals surface area contributed by atoms with Gasteiger partial charge in [-0.15, -0.1) is 0 Å². The van der Waals surface area contributed by atoms with E-state index in [0.717, 1.165) is 51.0 Å². The van der Waals surface area contributed by atoms with Gasteiger partial charge in [-0.2, -0.15) is 10.2 Å². The number of piperazine rings is 1. The summed E-state index contributed by atoms with van der Waals surface area (Å²) in [5, 5.41) is 9.21. The maximum Gasteiger partial charge on any atom is 0.227 e. The third-order valence-corrected chi connectivity index (χ3v) is 4.61. The number of aromatic nitrogens is 4. The van der Waals surface area contributed by atoms with Gasteiger partial charge in [0.15, 0.2) is 11.5 Å². The molecule has 26 heavy (non-hydrogen) atoms. The van der Waals surface area contributed by atoms with Crippen molar-refractivity contribution in [2.24, 2.45) is 0 Å². The van der Waals surface area contributed by atoms with Gasteiger partial charge in [-0.25, -0.2) is 15.0 Å². The van der Waals surface area contributed by atoms with Crippen molar-refractivity contribution in [2.45, 2.75) is 0 Å². The first-order valence-electron chi connectivity index (χ1n) is 8.72. The summed E-state index contributed by atoms with van der Waals surface area (Å²) in [6.07, 6.45) is 4.99. The highest BCUT2D eigenvalue weighted by atomic mass is 16.5.